The van der Waals surface area contributed by atoms with Gasteiger partial charge in [0.1, 0.15) is 0 Å². The SMILES string of the molecule is CCOC(=O)/C(C=NC)=C/c1ccccc1C. The van der Waals surface area contributed by atoms with Crippen molar-refractivity contribution in [1.82, 2.24) is 0 Å². The number of ether oxygens (including phenoxy) is 1. The number of esters is 1. The topological polar surface area (TPSA) is 38.7 Å². The summed E-state index contributed by atoms with van der Waals surface area (Å²) in [5, 5.41) is 0. The maximum Gasteiger partial charge on any atom is 0.339 e. The molecule has 0 spiro atoms. The van der Waals surface area contributed by atoms with E-state index in [0.29, 0.717) is 12.2 Å². The molecular formula is C14H17NO2. The first kappa shape index (κ1) is 13.2. The van der Waals surface area contributed by atoms with Crippen molar-refractivity contribution in [2.45, 2.75) is 13.8 Å². The van der Waals surface area contributed by atoms with E-state index in [1.54, 1.807) is 20.0 Å². The number of nitrogens with zero attached hydrogens (tertiary/aromatic N) is 1. The van der Waals surface area contributed by atoms with Crippen molar-refractivity contribution in [3.63, 3.8) is 0 Å². The predicted octanol–water partition coefficient (Wildman–Crippen LogP) is 2.64. The van der Waals surface area contributed by atoms with Crippen molar-refractivity contribution in [2.24, 2.45) is 4.99 Å². The number of hydrogen-bond acceptors (Lipinski definition) is 3. The van der Waals surface area contributed by atoms with Gasteiger partial charge < -0.3 is 4.74 Å². The number of carbonyl (C=O) groups excluding carboxylic acids is 1. The fraction of sp³-hybridized carbons (Fsp3) is 0.286. The first-order valence-electron chi connectivity index (χ1n) is 5.55. The Morgan fingerprint density at radius 3 is 2.71 bits per heavy atom. The van der Waals surface area contributed by atoms with Crippen LogP contribution in [0.25, 0.3) is 6.08 Å². The Hall–Kier alpha value is -1.90. The van der Waals surface area contributed by atoms with Crippen LogP contribution in [0.1, 0.15) is 18.1 Å². The summed E-state index contributed by atoms with van der Waals surface area (Å²) in [6.07, 6.45) is 3.31. The summed E-state index contributed by atoms with van der Waals surface area (Å²) in [7, 11) is 1.63. The minimum atomic E-state index is -0.346. The monoisotopic (exact) mass is 231 g/mol. The van der Waals surface area contributed by atoms with Gasteiger partial charge in [-0.2, -0.15) is 0 Å². The summed E-state index contributed by atoms with van der Waals surface area (Å²) in [5.41, 5.74) is 2.57. The predicted molar refractivity (Wildman–Crippen MR) is 70.2 cm³/mol. The van der Waals surface area contributed by atoms with E-state index in [2.05, 4.69) is 4.99 Å². The highest BCUT2D eigenvalue weighted by Gasteiger charge is 2.08. The molecule has 0 amide bonds. The third-order valence-electron chi connectivity index (χ3n) is 2.28. The van der Waals surface area contributed by atoms with Gasteiger partial charge in [0.15, 0.2) is 0 Å². The lowest BCUT2D eigenvalue weighted by atomic mass is 10.1. The Labute approximate surface area is 102 Å². The minimum absolute atomic E-state index is 0.346. The van der Waals surface area contributed by atoms with Crippen LogP contribution in [-0.2, 0) is 9.53 Å². The quantitative estimate of drug-likeness (QED) is 0.454. The molecular weight excluding hydrogens is 214 g/mol. The number of aryl methyl sites for hydroxylation is 1. The highest BCUT2D eigenvalue weighted by Crippen LogP contribution is 2.12. The maximum absolute atomic E-state index is 11.7. The number of hydrogen-bond donors (Lipinski definition) is 0. The molecule has 3 heteroatoms. The van der Waals surface area contributed by atoms with E-state index in [4.69, 9.17) is 4.74 Å². The zero-order valence-corrected chi connectivity index (χ0v) is 10.4. The van der Waals surface area contributed by atoms with Gasteiger partial charge in [-0.05, 0) is 31.1 Å². The zero-order chi connectivity index (χ0) is 12.7. The standard InChI is InChI=1S/C14H17NO2/c1-4-17-14(16)13(10-15-3)9-12-8-6-5-7-11(12)2/h5-10H,4H2,1-3H3/b13-9+,15-10?. The Morgan fingerprint density at radius 2 is 2.12 bits per heavy atom. The van der Waals surface area contributed by atoms with E-state index in [1.165, 1.54) is 6.21 Å². The van der Waals surface area contributed by atoms with Crippen LogP contribution in [0.5, 0.6) is 0 Å². The van der Waals surface area contributed by atoms with Crippen LogP contribution < -0.4 is 0 Å². The van der Waals surface area contributed by atoms with Crippen LogP contribution in [-0.4, -0.2) is 25.8 Å². The summed E-state index contributed by atoms with van der Waals surface area (Å²) >= 11 is 0. The average Bonchev–Trinajstić information content (AvgIpc) is 2.31. The minimum Gasteiger partial charge on any atom is -0.462 e. The summed E-state index contributed by atoms with van der Waals surface area (Å²) < 4.78 is 4.97. The highest BCUT2D eigenvalue weighted by molar-refractivity contribution is 6.13. The fourth-order valence-corrected chi connectivity index (χ4v) is 1.42. The first-order valence-corrected chi connectivity index (χ1v) is 5.55. The van der Waals surface area contributed by atoms with E-state index in [1.807, 2.05) is 31.2 Å². The van der Waals surface area contributed by atoms with Crippen molar-refractivity contribution < 1.29 is 9.53 Å². The van der Waals surface area contributed by atoms with Crippen LogP contribution >= 0.6 is 0 Å². The summed E-state index contributed by atoms with van der Waals surface area (Å²) in [6, 6.07) is 7.85. The van der Waals surface area contributed by atoms with Gasteiger partial charge in [-0.3, -0.25) is 4.99 Å². The lowest BCUT2D eigenvalue weighted by molar-refractivity contribution is -0.137. The van der Waals surface area contributed by atoms with Crippen molar-refractivity contribution in [1.29, 1.82) is 0 Å². The maximum atomic E-state index is 11.7. The van der Waals surface area contributed by atoms with E-state index in [9.17, 15) is 4.79 Å². The molecule has 0 fully saturated rings. The van der Waals surface area contributed by atoms with E-state index < -0.39 is 0 Å². The molecule has 17 heavy (non-hydrogen) atoms. The van der Waals surface area contributed by atoms with E-state index >= 15 is 0 Å². The van der Waals surface area contributed by atoms with E-state index in [-0.39, 0.29) is 5.97 Å². The van der Waals surface area contributed by atoms with Crippen molar-refractivity contribution in [2.75, 3.05) is 13.7 Å². The van der Waals surface area contributed by atoms with Gasteiger partial charge in [0.2, 0.25) is 0 Å². The fourth-order valence-electron chi connectivity index (χ4n) is 1.42. The Balaban J connectivity index is 3.06. The van der Waals surface area contributed by atoms with Crippen LogP contribution in [0.15, 0.2) is 34.8 Å². The molecule has 0 radical (unpaired) electrons. The molecule has 0 N–H and O–H groups in total. The van der Waals surface area contributed by atoms with Crippen molar-refractivity contribution in [3.05, 3.63) is 41.0 Å². The molecule has 0 unspecified atom stereocenters. The first-order chi connectivity index (χ1) is 8.19. The second-order valence-corrected chi connectivity index (χ2v) is 3.56. The average molecular weight is 231 g/mol. The number of aliphatic imine (C=N–C) groups is 1. The van der Waals surface area contributed by atoms with Gasteiger partial charge in [0, 0.05) is 13.3 Å². The van der Waals surface area contributed by atoms with Gasteiger partial charge >= 0.3 is 5.97 Å². The molecule has 0 aromatic heterocycles. The number of carbonyl (C=O) groups is 1. The smallest absolute Gasteiger partial charge is 0.339 e. The number of benzene rings is 1. The van der Waals surface area contributed by atoms with Crippen LogP contribution in [0.3, 0.4) is 0 Å². The molecule has 0 saturated carbocycles. The molecule has 0 atom stereocenters. The summed E-state index contributed by atoms with van der Waals surface area (Å²) in [5.74, 6) is -0.346. The second kappa shape index (κ2) is 6.63. The molecule has 0 aliphatic heterocycles. The normalized spacial score (nSPS) is 11.8. The molecule has 0 heterocycles. The zero-order valence-electron chi connectivity index (χ0n) is 10.4. The molecule has 0 bridgehead atoms. The van der Waals surface area contributed by atoms with Crippen LogP contribution in [0.4, 0.5) is 0 Å². The van der Waals surface area contributed by atoms with E-state index in [0.717, 1.165) is 11.1 Å². The summed E-state index contributed by atoms with van der Waals surface area (Å²) in [6.45, 7) is 4.14. The summed E-state index contributed by atoms with van der Waals surface area (Å²) in [4.78, 5) is 15.5. The lowest BCUT2D eigenvalue weighted by Gasteiger charge is -2.04. The largest absolute Gasteiger partial charge is 0.462 e. The Morgan fingerprint density at radius 1 is 1.41 bits per heavy atom. The van der Waals surface area contributed by atoms with Crippen LogP contribution in [0.2, 0.25) is 0 Å². The van der Waals surface area contributed by atoms with Gasteiger partial charge in [-0.15, -0.1) is 0 Å². The Kier molecular flexibility index (Phi) is 5.14. The van der Waals surface area contributed by atoms with Crippen molar-refractivity contribution >= 4 is 18.3 Å². The van der Waals surface area contributed by atoms with Gasteiger partial charge in [-0.25, -0.2) is 4.79 Å². The molecule has 0 aliphatic carbocycles. The highest BCUT2D eigenvalue weighted by atomic mass is 16.5. The van der Waals surface area contributed by atoms with Gasteiger partial charge in [0.25, 0.3) is 0 Å². The molecule has 0 saturated heterocycles. The molecule has 90 valence electrons. The Bertz CT molecular complexity index is 447. The molecule has 3 nitrogen and oxygen atoms in total. The third kappa shape index (κ3) is 3.87. The van der Waals surface area contributed by atoms with Crippen LogP contribution in [0, 0.1) is 6.92 Å². The van der Waals surface area contributed by atoms with Gasteiger partial charge in [-0.1, -0.05) is 24.3 Å². The molecule has 0 aliphatic rings. The molecule has 1 aromatic rings. The second-order valence-electron chi connectivity index (χ2n) is 3.56. The molecule has 1 rings (SSSR count). The van der Waals surface area contributed by atoms with Gasteiger partial charge in [0.05, 0.1) is 12.2 Å². The lowest BCUT2D eigenvalue weighted by Crippen LogP contribution is -2.08. The third-order valence-corrected chi connectivity index (χ3v) is 2.28. The van der Waals surface area contributed by atoms with Crippen molar-refractivity contribution in [3.8, 4) is 0 Å². The molecule has 1 aromatic carbocycles. The number of rotatable bonds is 4.